The maximum Gasteiger partial charge on any atom is 0.387 e. The number of halogens is 2. The minimum absolute atomic E-state index is 0.0371. The smallest absolute Gasteiger partial charge is 0.387 e. The van der Waals surface area contributed by atoms with Gasteiger partial charge in [-0.05, 0) is 25.1 Å². The Hall–Kier alpha value is -2.63. The Kier molecular flexibility index (Phi) is 5.51. The molecule has 122 valence electrons. The molecule has 2 rings (SSSR count). The van der Waals surface area contributed by atoms with Gasteiger partial charge in [0, 0.05) is 16.8 Å². The fraction of sp³-hybridized carbons (Fsp3) is 0.235. The fourth-order valence-electron chi connectivity index (χ4n) is 2.19. The van der Waals surface area contributed by atoms with Crippen molar-refractivity contribution >= 4 is 11.6 Å². The molecule has 0 saturated heterocycles. The van der Waals surface area contributed by atoms with Gasteiger partial charge < -0.3 is 14.8 Å². The van der Waals surface area contributed by atoms with Crippen molar-refractivity contribution in [2.75, 3.05) is 12.4 Å². The van der Waals surface area contributed by atoms with Gasteiger partial charge in [-0.2, -0.15) is 8.78 Å². The highest BCUT2D eigenvalue weighted by molar-refractivity contribution is 5.93. The van der Waals surface area contributed by atoms with Crippen LogP contribution >= 0.6 is 0 Å². The fourth-order valence-corrected chi connectivity index (χ4v) is 2.19. The molecular weight excluding hydrogens is 304 g/mol. The molecule has 23 heavy (non-hydrogen) atoms. The normalized spacial score (nSPS) is 10.5. The SMILES string of the molecule is COc1ccccc1CC(=O)Nc1cccc(OC(F)F)c1C. The molecule has 4 nitrogen and oxygen atoms in total. The molecule has 0 aliphatic heterocycles. The molecule has 0 fully saturated rings. The van der Waals surface area contributed by atoms with Gasteiger partial charge in [0.1, 0.15) is 11.5 Å². The predicted octanol–water partition coefficient (Wildman–Crippen LogP) is 3.79. The van der Waals surface area contributed by atoms with E-state index < -0.39 is 6.61 Å². The summed E-state index contributed by atoms with van der Waals surface area (Å²) in [7, 11) is 1.53. The monoisotopic (exact) mass is 321 g/mol. The molecule has 2 aromatic carbocycles. The topological polar surface area (TPSA) is 47.6 Å². The lowest BCUT2D eigenvalue weighted by Gasteiger charge is -2.13. The summed E-state index contributed by atoms with van der Waals surface area (Å²) in [4.78, 5) is 12.2. The molecule has 0 saturated carbocycles. The zero-order valence-corrected chi connectivity index (χ0v) is 12.8. The lowest BCUT2D eigenvalue weighted by Crippen LogP contribution is -2.16. The second-order valence-electron chi connectivity index (χ2n) is 4.84. The first-order valence-corrected chi connectivity index (χ1v) is 6.97. The molecule has 1 amide bonds. The summed E-state index contributed by atoms with van der Waals surface area (Å²) >= 11 is 0. The summed E-state index contributed by atoms with van der Waals surface area (Å²) in [6.07, 6.45) is 0.114. The molecular formula is C17H17F2NO3. The Morgan fingerprint density at radius 2 is 1.83 bits per heavy atom. The van der Waals surface area contributed by atoms with Crippen molar-refractivity contribution in [2.24, 2.45) is 0 Å². The van der Waals surface area contributed by atoms with Crippen molar-refractivity contribution in [3.05, 3.63) is 53.6 Å². The average Bonchev–Trinajstić information content (AvgIpc) is 2.51. The van der Waals surface area contributed by atoms with Crippen molar-refractivity contribution < 1.29 is 23.0 Å². The first kappa shape index (κ1) is 16.7. The molecule has 0 atom stereocenters. The van der Waals surface area contributed by atoms with Gasteiger partial charge in [-0.15, -0.1) is 0 Å². The molecule has 0 spiro atoms. The quantitative estimate of drug-likeness (QED) is 0.880. The summed E-state index contributed by atoms with van der Waals surface area (Å²) in [5.41, 5.74) is 1.62. The maximum atomic E-state index is 12.3. The van der Waals surface area contributed by atoms with Crippen molar-refractivity contribution in [1.29, 1.82) is 0 Å². The number of carbonyl (C=O) groups excluding carboxylic acids is 1. The van der Waals surface area contributed by atoms with Crippen LogP contribution in [0.15, 0.2) is 42.5 Å². The molecule has 1 N–H and O–H groups in total. The van der Waals surface area contributed by atoms with Crippen LogP contribution in [0.1, 0.15) is 11.1 Å². The Morgan fingerprint density at radius 3 is 2.52 bits per heavy atom. The molecule has 0 aliphatic carbocycles. The van der Waals surface area contributed by atoms with E-state index in [0.29, 0.717) is 17.0 Å². The third kappa shape index (κ3) is 4.42. The summed E-state index contributed by atoms with van der Waals surface area (Å²) < 4.78 is 34.3. The van der Waals surface area contributed by atoms with Crippen LogP contribution in [0.3, 0.4) is 0 Å². The van der Waals surface area contributed by atoms with Gasteiger partial charge in [-0.3, -0.25) is 4.79 Å². The molecule has 2 aromatic rings. The van der Waals surface area contributed by atoms with Crippen LogP contribution < -0.4 is 14.8 Å². The van der Waals surface area contributed by atoms with Gasteiger partial charge in [0.2, 0.25) is 5.91 Å². The minimum atomic E-state index is -2.91. The van der Waals surface area contributed by atoms with E-state index in [1.54, 1.807) is 31.2 Å². The van der Waals surface area contributed by atoms with Gasteiger partial charge >= 0.3 is 6.61 Å². The van der Waals surface area contributed by atoms with Crippen molar-refractivity contribution in [3.63, 3.8) is 0 Å². The van der Waals surface area contributed by atoms with Crippen molar-refractivity contribution in [1.82, 2.24) is 0 Å². The van der Waals surface area contributed by atoms with Gasteiger partial charge in [0.25, 0.3) is 0 Å². The summed E-state index contributed by atoms with van der Waals surface area (Å²) in [5.74, 6) is 0.385. The summed E-state index contributed by atoms with van der Waals surface area (Å²) in [6, 6.07) is 11.8. The van der Waals surface area contributed by atoms with Crippen LogP contribution in [0, 0.1) is 6.92 Å². The van der Waals surface area contributed by atoms with Gasteiger partial charge in [-0.25, -0.2) is 0 Å². The number of anilines is 1. The second-order valence-corrected chi connectivity index (χ2v) is 4.84. The zero-order valence-electron chi connectivity index (χ0n) is 12.8. The Balaban J connectivity index is 2.11. The van der Waals surface area contributed by atoms with E-state index >= 15 is 0 Å². The Morgan fingerprint density at radius 1 is 1.13 bits per heavy atom. The van der Waals surface area contributed by atoms with E-state index in [9.17, 15) is 13.6 Å². The molecule has 0 aliphatic rings. The number of carbonyl (C=O) groups is 1. The molecule has 6 heteroatoms. The average molecular weight is 321 g/mol. The highest BCUT2D eigenvalue weighted by Gasteiger charge is 2.13. The number of hydrogen-bond donors (Lipinski definition) is 1. The van der Waals surface area contributed by atoms with Crippen molar-refractivity contribution in [2.45, 2.75) is 20.0 Å². The van der Waals surface area contributed by atoms with E-state index in [2.05, 4.69) is 10.1 Å². The maximum absolute atomic E-state index is 12.3. The number of nitrogens with one attached hydrogen (secondary N) is 1. The number of rotatable bonds is 6. The molecule has 0 radical (unpaired) electrons. The number of ether oxygens (including phenoxy) is 2. The molecule has 0 bridgehead atoms. The summed E-state index contributed by atoms with van der Waals surface area (Å²) in [6.45, 7) is -1.30. The van der Waals surface area contributed by atoms with Crippen molar-refractivity contribution in [3.8, 4) is 11.5 Å². The lowest BCUT2D eigenvalue weighted by molar-refractivity contribution is -0.115. The van der Waals surface area contributed by atoms with E-state index in [-0.39, 0.29) is 18.1 Å². The van der Waals surface area contributed by atoms with Crippen LogP contribution in [-0.4, -0.2) is 19.6 Å². The van der Waals surface area contributed by atoms with E-state index in [0.717, 1.165) is 5.56 Å². The number of alkyl halides is 2. The van der Waals surface area contributed by atoms with E-state index in [1.165, 1.54) is 13.2 Å². The number of amides is 1. The second kappa shape index (κ2) is 7.58. The van der Waals surface area contributed by atoms with E-state index in [1.807, 2.05) is 12.1 Å². The van der Waals surface area contributed by atoms with Crippen LogP contribution in [0.5, 0.6) is 11.5 Å². The zero-order chi connectivity index (χ0) is 16.8. The third-order valence-electron chi connectivity index (χ3n) is 3.32. The first-order chi connectivity index (χ1) is 11.0. The minimum Gasteiger partial charge on any atom is -0.496 e. The third-order valence-corrected chi connectivity index (χ3v) is 3.32. The lowest BCUT2D eigenvalue weighted by atomic mass is 10.1. The first-order valence-electron chi connectivity index (χ1n) is 6.97. The number of para-hydroxylation sites is 1. The van der Waals surface area contributed by atoms with Crippen LogP contribution in [0.25, 0.3) is 0 Å². The molecule has 0 heterocycles. The number of hydrogen-bond acceptors (Lipinski definition) is 3. The number of methoxy groups -OCH3 is 1. The Bertz CT molecular complexity index is 689. The summed E-state index contributed by atoms with van der Waals surface area (Å²) in [5, 5.41) is 2.70. The van der Waals surface area contributed by atoms with E-state index in [4.69, 9.17) is 4.74 Å². The van der Waals surface area contributed by atoms with Gasteiger partial charge in [0.15, 0.2) is 0 Å². The molecule has 0 unspecified atom stereocenters. The standard InChI is InChI=1S/C17H17F2NO3/c1-11-13(7-5-9-14(11)23-17(18)19)20-16(21)10-12-6-3-4-8-15(12)22-2/h3-9,17H,10H2,1-2H3,(H,20,21). The van der Waals surface area contributed by atoms with Crippen LogP contribution in [0.4, 0.5) is 14.5 Å². The predicted molar refractivity (Wildman–Crippen MR) is 83.1 cm³/mol. The highest BCUT2D eigenvalue weighted by Crippen LogP contribution is 2.27. The molecule has 0 aromatic heterocycles. The Labute approximate surface area is 133 Å². The highest BCUT2D eigenvalue weighted by atomic mass is 19.3. The van der Waals surface area contributed by atoms with Gasteiger partial charge in [0.05, 0.1) is 13.5 Å². The largest absolute Gasteiger partial charge is 0.496 e. The van der Waals surface area contributed by atoms with Crippen LogP contribution in [0.2, 0.25) is 0 Å². The van der Waals surface area contributed by atoms with Crippen LogP contribution in [-0.2, 0) is 11.2 Å². The number of benzene rings is 2. The van der Waals surface area contributed by atoms with Gasteiger partial charge in [-0.1, -0.05) is 24.3 Å².